The van der Waals surface area contributed by atoms with E-state index in [0.29, 0.717) is 6.42 Å². The summed E-state index contributed by atoms with van der Waals surface area (Å²) in [7, 11) is 0. The second kappa shape index (κ2) is 7.16. The maximum absolute atomic E-state index is 13.8. The minimum Gasteiger partial charge on any atom is -0.478 e. The molecule has 1 unspecified atom stereocenters. The lowest BCUT2D eigenvalue weighted by Gasteiger charge is -2.54. The minimum absolute atomic E-state index is 0.0111. The summed E-state index contributed by atoms with van der Waals surface area (Å²) in [6.07, 6.45) is 3.32. The maximum Gasteiger partial charge on any atom is 0.335 e. The molecule has 5 rings (SSSR count). The van der Waals surface area contributed by atoms with Crippen LogP contribution in [0, 0.1) is 12.3 Å². The number of H-pyrrole nitrogens is 1. The van der Waals surface area contributed by atoms with Gasteiger partial charge in [-0.3, -0.25) is 4.90 Å². The van der Waals surface area contributed by atoms with Crippen LogP contribution in [-0.2, 0) is 6.54 Å². The molecule has 1 aliphatic carbocycles. The van der Waals surface area contributed by atoms with Gasteiger partial charge in [-0.05, 0) is 66.6 Å². The number of hydrogen-bond acceptors (Lipinski definition) is 2. The van der Waals surface area contributed by atoms with Crippen molar-refractivity contribution in [1.82, 2.24) is 9.88 Å². The van der Waals surface area contributed by atoms with Crippen molar-refractivity contribution in [3.05, 3.63) is 70.9 Å². The van der Waals surface area contributed by atoms with E-state index in [-0.39, 0.29) is 29.9 Å². The summed E-state index contributed by atoms with van der Waals surface area (Å²) in [6.45, 7) is 3.56. The van der Waals surface area contributed by atoms with Gasteiger partial charge < -0.3 is 10.1 Å². The fourth-order valence-electron chi connectivity index (χ4n) is 5.63. The molecule has 2 N–H and O–H groups in total. The topological polar surface area (TPSA) is 56.3 Å². The van der Waals surface area contributed by atoms with E-state index in [9.17, 15) is 18.7 Å². The highest BCUT2D eigenvalue weighted by molar-refractivity contribution is 5.87. The van der Waals surface area contributed by atoms with E-state index in [4.69, 9.17) is 0 Å². The van der Waals surface area contributed by atoms with E-state index in [1.54, 1.807) is 12.1 Å². The molecule has 1 aromatic heterocycles. The van der Waals surface area contributed by atoms with Gasteiger partial charge in [0.15, 0.2) is 0 Å². The Kier molecular flexibility index (Phi) is 4.66. The van der Waals surface area contributed by atoms with Crippen molar-refractivity contribution in [2.75, 3.05) is 6.54 Å². The quantitative estimate of drug-likeness (QED) is 0.546. The highest BCUT2D eigenvalue weighted by Crippen LogP contribution is 2.60. The van der Waals surface area contributed by atoms with Crippen molar-refractivity contribution in [2.45, 2.75) is 51.1 Å². The molecular formula is C25H26F2N2O2. The van der Waals surface area contributed by atoms with E-state index >= 15 is 0 Å². The highest BCUT2D eigenvalue weighted by Gasteiger charge is 2.58. The second-order valence-corrected chi connectivity index (χ2v) is 9.38. The molecule has 1 aliphatic heterocycles. The number of likely N-dealkylation sites (tertiary alicyclic amines) is 1. The molecule has 6 heteroatoms. The first-order valence-corrected chi connectivity index (χ1v) is 10.8. The highest BCUT2D eigenvalue weighted by atomic mass is 19.3. The molecule has 0 radical (unpaired) electrons. The lowest BCUT2D eigenvalue weighted by Crippen LogP contribution is -2.53. The summed E-state index contributed by atoms with van der Waals surface area (Å²) < 4.78 is 27.6. The molecule has 4 nitrogen and oxygen atoms in total. The number of aromatic amines is 1. The molecule has 1 saturated carbocycles. The summed E-state index contributed by atoms with van der Waals surface area (Å²) in [4.78, 5) is 16.9. The fraction of sp³-hybridized carbons (Fsp3) is 0.400. The number of nitrogens with one attached hydrogen (secondary N) is 1. The monoisotopic (exact) mass is 424 g/mol. The number of benzene rings is 2. The molecule has 0 bridgehead atoms. The number of aromatic carboxylic acids is 1. The third-order valence-electron chi connectivity index (χ3n) is 7.20. The average molecular weight is 424 g/mol. The van der Waals surface area contributed by atoms with Crippen molar-refractivity contribution in [1.29, 1.82) is 0 Å². The van der Waals surface area contributed by atoms with Gasteiger partial charge in [-0.25, -0.2) is 13.6 Å². The second-order valence-electron chi connectivity index (χ2n) is 9.38. The van der Waals surface area contributed by atoms with Gasteiger partial charge in [0.1, 0.15) is 0 Å². The van der Waals surface area contributed by atoms with Crippen molar-refractivity contribution in [2.24, 2.45) is 5.41 Å². The Hall–Kier alpha value is -2.73. The Morgan fingerprint density at radius 1 is 1.16 bits per heavy atom. The Labute approximate surface area is 179 Å². The normalized spacial score (nSPS) is 22.5. The van der Waals surface area contributed by atoms with Crippen molar-refractivity contribution >= 4 is 16.9 Å². The number of aromatic nitrogens is 1. The zero-order chi connectivity index (χ0) is 21.8. The fourth-order valence-corrected chi connectivity index (χ4v) is 5.63. The summed E-state index contributed by atoms with van der Waals surface area (Å²) >= 11 is 0. The van der Waals surface area contributed by atoms with Crippen molar-refractivity contribution in [3.8, 4) is 0 Å². The van der Waals surface area contributed by atoms with E-state index in [2.05, 4.69) is 35.0 Å². The summed E-state index contributed by atoms with van der Waals surface area (Å²) in [6, 6.07) is 13.3. The van der Waals surface area contributed by atoms with Gasteiger partial charge in [0, 0.05) is 42.5 Å². The lowest BCUT2D eigenvalue weighted by atomic mass is 9.59. The van der Waals surface area contributed by atoms with Crippen LogP contribution in [-0.4, -0.2) is 33.4 Å². The number of nitrogens with zero attached hydrogens (tertiary/aromatic N) is 1. The van der Waals surface area contributed by atoms with Crippen molar-refractivity contribution < 1.29 is 18.7 Å². The number of halogens is 2. The third-order valence-corrected chi connectivity index (χ3v) is 7.20. The molecule has 1 atom stereocenters. The first-order chi connectivity index (χ1) is 14.8. The third kappa shape index (κ3) is 3.63. The van der Waals surface area contributed by atoms with Gasteiger partial charge in [0.05, 0.1) is 5.56 Å². The molecule has 3 aromatic rings. The van der Waals surface area contributed by atoms with Crippen LogP contribution in [0.5, 0.6) is 0 Å². The van der Waals surface area contributed by atoms with Crippen LogP contribution in [0.1, 0.15) is 58.8 Å². The van der Waals surface area contributed by atoms with Crippen LogP contribution < -0.4 is 0 Å². The number of rotatable bonds is 4. The van der Waals surface area contributed by atoms with E-state index < -0.39 is 11.9 Å². The van der Waals surface area contributed by atoms with Crippen LogP contribution in [0.3, 0.4) is 0 Å². The maximum atomic E-state index is 13.8. The molecule has 1 saturated heterocycles. The summed E-state index contributed by atoms with van der Waals surface area (Å²) in [5.41, 5.74) is 4.46. The Morgan fingerprint density at radius 2 is 1.90 bits per heavy atom. The number of fused-ring (bicyclic) bond motifs is 1. The van der Waals surface area contributed by atoms with E-state index in [1.165, 1.54) is 16.5 Å². The zero-order valence-corrected chi connectivity index (χ0v) is 17.5. The Balaban J connectivity index is 1.46. The Morgan fingerprint density at radius 3 is 2.58 bits per heavy atom. The van der Waals surface area contributed by atoms with Crippen LogP contribution in [0.2, 0.25) is 0 Å². The largest absolute Gasteiger partial charge is 0.478 e. The van der Waals surface area contributed by atoms with E-state index in [0.717, 1.165) is 30.6 Å². The lowest BCUT2D eigenvalue weighted by molar-refractivity contribution is -0.186. The van der Waals surface area contributed by atoms with Gasteiger partial charge in [0.2, 0.25) is 5.92 Å². The summed E-state index contributed by atoms with van der Waals surface area (Å²) in [5, 5.41) is 10.4. The minimum atomic E-state index is -2.55. The van der Waals surface area contributed by atoms with Gasteiger partial charge >= 0.3 is 5.97 Å². The molecule has 2 aliphatic rings. The van der Waals surface area contributed by atoms with Crippen LogP contribution in [0.4, 0.5) is 8.78 Å². The first kappa shape index (κ1) is 20.2. The Bertz CT molecular complexity index is 1130. The van der Waals surface area contributed by atoms with Gasteiger partial charge in [-0.1, -0.05) is 24.3 Å². The molecule has 0 amide bonds. The van der Waals surface area contributed by atoms with Crippen LogP contribution in [0.25, 0.3) is 10.9 Å². The number of carboxylic acids is 1. The standard InChI is InChI=1S/C25H26F2N2O2/c1-16-2-3-19(20-8-10-28-22(16)20)13-29-11-9-24(14-25(26,27)15-24)12-21(29)17-4-6-18(7-5-17)23(30)31/h2-8,10,21,28H,9,11-15H2,1H3,(H,30,31). The number of carboxylic acid groups (broad SMARTS) is 1. The van der Waals surface area contributed by atoms with Crippen LogP contribution >= 0.6 is 0 Å². The molecule has 1 spiro atoms. The number of piperidine rings is 1. The van der Waals surface area contributed by atoms with Crippen molar-refractivity contribution in [3.63, 3.8) is 0 Å². The van der Waals surface area contributed by atoms with Crippen LogP contribution in [0.15, 0.2) is 48.7 Å². The molecule has 2 fully saturated rings. The number of aryl methyl sites for hydroxylation is 1. The number of carbonyl (C=O) groups is 1. The van der Waals surface area contributed by atoms with Gasteiger partial charge in [0.25, 0.3) is 0 Å². The zero-order valence-electron chi connectivity index (χ0n) is 17.5. The molecule has 2 heterocycles. The van der Waals surface area contributed by atoms with E-state index in [1.807, 2.05) is 18.3 Å². The predicted molar refractivity (Wildman–Crippen MR) is 115 cm³/mol. The number of hydrogen-bond donors (Lipinski definition) is 2. The molecule has 31 heavy (non-hydrogen) atoms. The molecule has 162 valence electrons. The molecule has 2 aromatic carbocycles. The van der Waals surface area contributed by atoms with Gasteiger partial charge in [-0.15, -0.1) is 0 Å². The average Bonchev–Trinajstić information content (AvgIpc) is 3.21. The smallest absolute Gasteiger partial charge is 0.335 e. The summed E-state index contributed by atoms with van der Waals surface area (Å²) in [5.74, 6) is -3.51. The SMILES string of the molecule is Cc1ccc(CN2CCC3(CC2c2ccc(C(=O)O)cc2)CC(F)(F)C3)c2cc[nH]c12. The predicted octanol–water partition coefficient (Wildman–Crippen LogP) is 5.93. The molecular weight excluding hydrogens is 398 g/mol. The van der Waals surface area contributed by atoms with Gasteiger partial charge in [-0.2, -0.15) is 0 Å². The number of alkyl halides is 2. The first-order valence-electron chi connectivity index (χ1n) is 10.8.